The van der Waals surface area contributed by atoms with Crippen LogP contribution in [0.1, 0.15) is 55.3 Å². The highest BCUT2D eigenvalue weighted by atomic mass is 32.1. The molecule has 2 saturated carbocycles. The molecular formula is C19H25N3O2S. The van der Waals surface area contributed by atoms with Crippen LogP contribution < -0.4 is 10.9 Å². The lowest BCUT2D eigenvalue weighted by molar-refractivity contribution is 0.0829. The lowest BCUT2D eigenvalue weighted by Gasteiger charge is -2.39. The predicted octanol–water partition coefficient (Wildman–Crippen LogP) is 3.25. The number of aryl methyl sites for hydroxylation is 2. The van der Waals surface area contributed by atoms with Gasteiger partial charge < -0.3 is 9.88 Å². The number of nitrogens with zero attached hydrogens (tertiary/aromatic N) is 2. The molecule has 4 rings (SSSR count). The summed E-state index contributed by atoms with van der Waals surface area (Å²) >= 11 is 1.32. The molecule has 0 saturated heterocycles. The Bertz CT molecular complexity index is 942. The van der Waals surface area contributed by atoms with Crippen LogP contribution >= 0.6 is 11.3 Å². The van der Waals surface area contributed by atoms with Gasteiger partial charge in [-0.05, 0) is 48.5 Å². The molecule has 134 valence electrons. The number of amides is 1. The van der Waals surface area contributed by atoms with E-state index in [9.17, 15) is 9.59 Å². The Morgan fingerprint density at radius 1 is 1.40 bits per heavy atom. The van der Waals surface area contributed by atoms with Crippen molar-refractivity contribution in [2.45, 2.75) is 53.0 Å². The highest BCUT2D eigenvalue weighted by molar-refractivity contribution is 7.20. The van der Waals surface area contributed by atoms with Gasteiger partial charge in [0.2, 0.25) is 0 Å². The molecule has 0 aromatic carbocycles. The second-order valence-electron chi connectivity index (χ2n) is 8.53. The second-order valence-corrected chi connectivity index (χ2v) is 9.53. The molecular weight excluding hydrogens is 334 g/mol. The molecule has 0 spiro atoms. The Morgan fingerprint density at radius 2 is 2.12 bits per heavy atom. The largest absolute Gasteiger partial charge is 0.348 e. The van der Waals surface area contributed by atoms with E-state index in [1.165, 1.54) is 35.1 Å². The molecule has 2 aromatic rings. The van der Waals surface area contributed by atoms with Gasteiger partial charge in [0, 0.05) is 13.1 Å². The topological polar surface area (TPSA) is 64.0 Å². The first-order valence-electron chi connectivity index (χ1n) is 8.92. The summed E-state index contributed by atoms with van der Waals surface area (Å²) in [6.45, 7) is 8.85. The molecule has 0 aliphatic heterocycles. The van der Waals surface area contributed by atoms with Crippen LogP contribution in [-0.2, 0) is 7.05 Å². The standard InChI is InChI=1S/C19H25N3O2S/c1-10-13-16(20-9-22(5)17(13)24)25-14(10)15(23)21-12-8-11-6-7-19(12,4)18(11,2)3/h9,11-12H,6-8H2,1-5H3,(H,21,23)/t11-,12+,19-/m1/s1. The van der Waals surface area contributed by atoms with Gasteiger partial charge in [0.15, 0.2) is 0 Å². The summed E-state index contributed by atoms with van der Waals surface area (Å²) in [6, 6.07) is 0.203. The molecule has 6 heteroatoms. The number of nitrogens with one attached hydrogen (secondary N) is 1. The molecule has 1 amide bonds. The zero-order chi connectivity index (χ0) is 18.1. The van der Waals surface area contributed by atoms with E-state index >= 15 is 0 Å². The molecule has 3 atom stereocenters. The normalized spacial score (nSPS) is 30.1. The summed E-state index contributed by atoms with van der Waals surface area (Å²) in [5.74, 6) is 0.623. The van der Waals surface area contributed by atoms with Crippen molar-refractivity contribution < 1.29 is 4.79 Å². The van der Waals surface area contributed by atoms with Gasteiger partial charge in [-0.2, -0.15) is 0 Å². The van der Waals surface area contributed by atoms with Gasteiger partial charge in [-0.25, -0.2) is 4.98 Å². The third kappa shape index (κ3) is 2.09. The number of carbonyl (C=O) groups excluding carboxylic acids is 1. The van der Waals surface area contributed by atoms with Crippen LogP contribution in [0.4, 0.5) is 0 Å². The van der Waals surface area contributed by atoms with Crippen LogP contribution in [0.15, 0.2) is 11.1 Å². The Morgan fingerprint density at radius 3 is 2.72 bits per heavy atom. The van der Waals surface area contributed by atoms with E-state index in [1.54, 1.807) is 7.05 Å². The Labute approximate surface area is 151 Å². The molecule has 1 N–H and O–H groups in total. The minimum atomic E-state index is -0.0918. The molecule has 25 heavy (non-hydrogen) atoms. The molecule has 0 radical (unpaired) electrons. The summed E-state index contributed by atoms with van der Waals surface area (Å²) < 4.78 is 1.46. The van der Waals surface area contributed by atoms with E-state index in [0.29, 0.717) is 21.0 Å². The fourth-order valence-electron chi connectivity index (χ4n) is 5.07. The van der Waals surface area contributed by atoms with Crippen LogP contribution in [0.2, 0.25) is 0 Å². The van der Waals surface area contributed by atoms with Crippen LogP contribution in [0.5, 0.6) is 0 Å². The zero-order valence-corrected chi connectivity index (χ0v) is 16.3. The Hall–Kier alpha value is -1.69. The van der Waals surface area contributed by atoms with Gasteiger partial charge in [-0.3, -0.25) is 9.59 Å². The Kier molecular flexibility index (Phi) is 3.46. The maximum absolute atomic E-state index is 13.0. The highest BCUT2D eigenvalue weighted by Gasteiger charge is 2.61. The number of thiophene rings is 1. The number of rotatable bonds is 2. The highest BCUT2D eigenvalue weighted by Crippen LogP contribution is 2.65. The summed E-state index contributed by atoms with van der Waals surface area (Å²) in [4.78, 5) is 30.9. The fraction of sp³-hybridized carbons (Fsp3) is 0.632. The average molecular weight is 359 g/mol. The lowest BCUT2D eigenvalue weighted by atomic mass is 9.69. The first-order valence-corrected chi connectivity index (χ1v) is 9.74. The van der Waals surface area contributed by atoms with Gasteiger partial charge in [-0.15, -0.1) is 11.3 Å². The third-order valence-corrected chi connectivity index (χ3v) is 8.51. The zero-order valence-electron chi connectivity index (χ0n) is 15.5. The minimum Gasteiger partial charge on any atom is -0.348 e. The fourth-order valence-corrected chi connectivity index (χ4v) is 6.11. The van der Waals surface area contributed by atoms with Crippen molar-refractivity contribution in [3.05, 3.63) is 27.1 Å². The molecule has 2 aliphatic carbocycles. The van der Waals surface area contributed by atoms with Crippen molar-refractivity contribution in [1.82, 2.24) is 14.9 Å². The third-order valence-electron chi connectivity index (χ3n) is 7.32. The van der Waals surface area contributed by atoms with Crippen LogP contribution in [-0.4, -0.2) is 21.5 Å². The van der Waals surface area contributed by atoms with Crippen LogP contribution in [0.3, 0.4) is 0 Å². The first-order chi connectivity index (χ1) is 11.7. The van der Waals surface area contributed by atoms with E-state index in [2.05, 4.69) is 31.1 Å². The lowest BCUT2D eigenvalue weighted by Crippen LogP contribution is -2.46. The molecule has 2 fully saturated rings. The monoisotopic (exact) mass is 359 g/mol. The number of hydrogen-bond donors (Lipinski definition) is 1. The van der Waals surface area contributed by atoms with Crippen molar-refractivity contribution in [2.75, 3.05) is 0 Å². The van der Waals surface area contributed by atoms with Crippen molar-refractivity contribution in [3.63, 3.8) is 0 Å². The van der Waals surface area contributed by atoms with Gasteiger partial charge in [0.1, 0.15) is 4.83 Å². The van der Waals surface area contributed by atoms with Crippen LogP contribution in [0, 0.1) is 23.7 Å². The summed E-state index contributed by atoms with van der Waals surface area (Å²) in [5, 5.41) is 3.86. The smallest absolute Gasteiger partial charge is 0.262 e. The summed E-state index contributed by atoms with van der Waals surface area (Å²) in [7, 11) is 1.68. The first kappa shape index (κ1) is 16.8. The number of hydrogen-bond acceptors (Lipinski definition) is 4. The van der Waals surface area contributed by atoms with E-state index in [4.69, 9.17) is 0 Å². The second kappa shape index (κ2) is 5.16. The SMILES string of the molecule is Cc1c(C(=O)N[C@H]2C[C@H]3CC[C@@]2(C)C3(C)C)sc2ncn(C)c(=O)c12. The number of carbonyl (C=O) groups is 1. The summed E-state index contributed by atoms with van der Waals surface area (Å²) in [5.41, 5.74) is 1.06. The van der Waals surface area contributed by atoms with Gasteiger partial charge >= 0.3 is 0 Å². The predicted molar refractivity (Wildman–Crippen MR) is 100 cm³/mol. The van der Waals surface area contributed by atoms with E-state index in [1.807, 2.05) is 6.92 Å². The van der Waals surface area contributed by atoms with Crippen molar-refractivity contribution in [3.8, 4) is 0 Å². The van der Waals surface area contributed by atoms with Crippen molar-refractivity contribution >= 4 is 27.5 Å². The molecule has 2 aromatic heterocycles. The summed E-state index contributed by atoms with van der Waals surface area (Å²) in [6.07, 6.45) is 5.00. The Balaban J connectivity index is 1.67. The average Bonchev–Trinajstić information content (AvgIpc) is 3.06. The molecule has 2 heterocycles. The van der Waals surface area contributed by atoms with Gasteiger partial charge in [0.25, 0.3) is 11.5 Å². The molecule has 2 aliphatic rings. The molecule has 0 unspecified atom stereocenters. The quantitative estimate of drug-likeness (QED) is 0.895. The number of fused-ring (bicyclic) bond motifs is 3. The van der Waals surface area contributed by atoms with E-state index in [0.717, 1.165) is 12.0 Å². The maximum atomic E-state index is 13.0. The van der Waals surface area contributed by atoms with Crippen molar-refractivity contribution in [1.29, 1.82) is 0 Å². The van der Waals surface area contributed by atoms with Gasteiger partial charge in [-0.1, -0.05) is 20.8 Å². The maximum Gasteiger partial charge on any atom is 0.262 e. The number of aromatic nitrogens is 2. The minimum absolute atomic E-state index is 0.0582. The van der Waals surface area contributed by atoms with Crippen LogP contribution in [0.25, 0.3) is 10.2 Å². The van der Waals surface area contributed by atoms with Crippen molar-refractivity contribution in [2.24, 2.45) is 23.8 Å². The van der Waals surface area contributed by atoms with E-state index < -0.39 is 0 Å². The van der Waals surface area contributed by atoms with Gasteiger partial charge in [0.05, 0.1) is 16.6 Å². The van der Waals surface area contributed by atoms with E-state index in [-0.39, 0.29) is 28.3 Å². The molecule has 2 bridgehead atoms. The molecule has 5 nitrogen and oxygen atoms in total.